The van der Waals surface area contributed by atoms with Gasteiger partial charge in [-0.05, 0) is 0 Å². The SMILES string of the molecule is Cn1c(Cl)cnc1CSc1nnc(SCc2ncc(Cl)n2C)s1. The van der Waals surface area contributed by atoms with E-state index in [1.54, 1.807) is 47.3 Å². The molecule has 6 nitrogen and oxygen atoms in total. The molecule has 0 saturated heterocycles. The van der Waals surface area contributed by atoms with Crippen molar-refractivity contribution in [3.05, 3.63) is 34.3 Å². The summed E-state index contributed by atoms with van der Waals surface area (Å²) in [7, 11) is 3.79. The molecule has 0 spiro atoms. The van der Waals surface area contributed by atoms with E-state index in [4.69, 9.17) is 23.2 Å². The molecule has 0 aliphatic heterocycles. The van der Waals surface area contributed by atoms with Crippen molar-refractivity contribution < 1.29 is 0 Å². The lowest BCUT2D eigenvalue weighted by atomic mass is 10.7. The summed E-state index contributed by atoms with van der Waals surface area (Å²) >= 11 is 16.7. The second-order valence-corrected chi connectivity index (χ2v) is 8.72. The molecule has 3 heterocycles. The summed E-state index contributed by atoms with van der Waals surface area (Å²) in [5, 5.41) is 9.65. The molecule has 0 aromatic carbocycles. The standard InChI is InChI=1S/C12H12Cl2N6S3/c1-19-7(13)3-15-9(19)5-21-11-17-18-12(23-11)22-6-10-16-4-8(14)20(10)2/h3-4H,5-6H2,1-2H3. The highest BCUT2D eigenvalue weighted by atomic mass is 35.5. The van der Waals surface area contributed by atoms with Gasteiger partial charge in [0.25, 0.3) is 0 Å². The van der Waals surface area contributed by atoms with Gasteiger partial charge in [0.15, 0.2) is 8.68 Å². The predicted octanol–water partition coefficient (Wildman–Crippen LogP) is 3.90. The summed E-state index contributed by atoms with van der Waals surface area (Å²) in [5.41, 5.74) is 0. The molecule has 3 aromatic rings. The molecule has 0 radical (unpaired) electrons. The maximum absolute atomic E-state index is 5.97. The summed E-state index contributed by atoms with van der Waals surface area (Å²) in [6, 6.07) is 0. The monoisotopic (exact) mass is 406 g/mol. The fourth-order valence-electron chi connectivity index (χ4n) is 1.68. The van der Waals surface area contributed by atoms with Crippen LogP contribution in [-0.4, -0.2) is 29.3 Å². The van der Waals surface area contributed by atoms with Gasteiger partial charge in [-0.3, -0.25) is 0 Å². The van der Waals surface area contributed by atoms with Gasteiger partial charge in [0.2, 0.25) is 0 Å². The summed E-state index contributed by atoms with van der Waals surface area (Å²) in [6.45, 7) is 0. The van der Waals surface area contributed by atoms with Crippen LogP contribution in [0.15, 0.2) is 21.1 Å². The smallest absolute Gasteiger partial charge is 0.175 e. The third-order valence-corrected chi connectivity index (χ3v) is 6.98. The molecule has 0 saturated carbocycles. The van der Waals surface area contributed by atoms with E-state index in [-0.39, 0.29) is 0 Å². The normalized spacial score (nSPS) is 11.3. The second kappa shape index (κ2) is 7.43. The van der Waals surface area contributed by atoms with Crippen LogP contribution in [0.25, 0.3) is 0 Å². The molecule has 0 bridgehead atoms. The number of hydrogen-bond donors (Lipinski definition) is 0. The Labute approximate surface area is 155 Å². The van der Waals surface area contributed by atoms with Crippen LogP contribution in [0.5, 0.6) is 0 Å². The Bertz CT molecular complexity index is 747. The highest BCUT2D eigenvalue weighted by molar-refractivity contribution is 8.02. The van der Waals surface area contributed by atoms with E-state index in [0.29, 0.717) is 21.8 Å². The van der Waals surface area contributed by atoms with Crippen molar-refractivity contribution >= 4 is 58.1 Å². The minimum Gasteiger partial charge on any atom is -0.322 e. The van der Waals surface area contributed by atoms with Crippen LogP contribution in [0.1, 0.15) is 11.6 Å². The Morgan fingerprint density at radius 2 is 1.35 bits per heavy atom. The third-order valence-electron chi connectivity index (χ3n) is 3.09. The van der Waals surface area contributed by atoms with E-state index in [1.165, 1.54) is 0 Å². The maximum atomic E-state index is 5.97. The number of rotatable bonds is 6. The van der Waals surface area contributed by atoms with E-state index in [1.807, 2.05) is 23.2 Å². The average molecular weight is 407 g/mol. The van der Waals surface area contributed by atoms with E-state index in [0.717, 1.165) is 20.3 Å². The zero-order chi connectivity index (χ0) is 16.4. The molecule has 0 amide bonds. The van der Waals surface area contributed by atoms with Gasteiger partial charge in [-0.25, -0.2) is 9.97 Å². The van der Waals surface area contributed by atoms with Crippen molar-refractivity contribution in [2.24, 2.45) is 14.1 Å². The molecule has 0 aliphatic carbocycles. The first-order chi connectivity index (χ1) is 11.0. The van der Waals surface area contributed by atoms with Gasteiger partial charge >= 0.3 is 0 Å². The van der Waals surface area contributed by atoms with Crippen LogP contribution in [0.2, 0.25) is 10.3 Å². The zero-order valence-corrected chi connectivity index (χ0v) is 16.2. The number of aromatic nitrogens is 6. The van der Waals surface area contributed by atoms with Crippen LogP contribution < -0.4 is 0 Å². The molecule has 11 heteroatoms. The molecule has 0 fully saturated rings. The lowest BCUT2D eigenvalue weighted by molar-refractivity contribution is 0.848. The molecule has 0 aliphatic rings. The van der Waals surface area contributed by atoms with E-state index < -0.39 is 0 Å². The topological polar surface area (TPSA) is 61.4 Å². The van der Waals surface area contributed by atoms with Crippen LogP contribution in [0, 0.1) is 0 Å². The fraction of sp³-hybridized carbons (Fsp3) is 0.333. The molecular weight excluding hydrogens is 395 g/mol. The molecule has 0 unspecified atom stereocenters. The van der Waals surface area contributed by atoms with Gasteiger partial charge in [-0.1, -0.05) is 58.1 Å². The second-order valence-electron chi connectivity index (χ2n) is 4.52. The molecular formula is C12H12Cl2N6S3. The first kappa shape index (κ1) is 17.1. The van der Waals surface area contributed by atoms with Crippen LogP contribution in [-0.2, 0) is 25.6 Å². The first-order valence-electron chi connectivity index (χ1n) is 6.46. The highest BCUT2D eigenvalue weighted by Gasteiger charge is 2.11. The molecule has 0 N–H and O–H groups in total. The van der Waals surface area contributed by atoms with E-state index in [2.05, 4.69) is 20.2 Å². The lowest BCUT2D eigenvalue weighted by Gasteiger charge is -2.00. The number of thioether (sulfide) groups is 2. The van der Waals surface area contributed by atoms with Gasteiger partial charge in [-0.15, -0.1) is 10.2 Å². The maximum Gasteiger partial charge on any atom is 0.175 e. The number of imidazole rings is 2. The summed E-state index contributed by atoms with van der Waals surface area (Å²) in [6.07, 6.45) is 3.30. The van der Waals surface area contributed by atoms with Gasteiger partial charge in [0.05, 0.1) is 23.9 Å². The Balaban J connectivity index is 1.55. The van der Waals surface area contributed by atoms with Crippen molar-refractivity contribution in [3.8, 4) is 0 Å². The first-order valence-corrected chi connectivity index (χ1v) is 10.00. The molecule has 23 heavy (non-hydrogen) atoms. The molecule has 3 aromatic heterocycles. The fourth-order valence-corrected chi connectivity index (χ4v) is 4.98. The molecule has 0 atom stereocenters. The number of halogens is 2. The van der Waals surface area contributed by atoms with Crippen LogP contribution in [0.3, 0.4) is 0 Å². The van der Waals surface area contributed by atoms with Crippen molar-refractivity contribution in [1.82, 2.24) is 29.3 Å². The Hall–Kier alpha value is -0.740. The van der Waals surface area contributed by atoms with Crippen molar-refractivity contribution in [2.75, 3.05) is 0 Å². The van der Waals surface area contributed by atoms with Crippen LogP contribution >= 0.6 is 58.1 Å². The molecule has 3 rings (SSSR count). The summed E-state index contributed by atoms with van der Waals surface area (Å²) in [5.74, 6) is 3.23. The minimum atomic E-state index is 0.628. The zero-order valence-electron chi connectivity index (χ0n) is 12.2. The van der Waals surface area contributed by atoms with E-state index in [9.17, 15) is 0 Å². The number of nitrogens with zero attached hydrogens (tertiary/aromatic N) is 6. The Kier molecular flexibility index (Phi) is 5.53. The quantitative estimate of drug-likeness (QED) is 0.578. The Morgan fingerprint density at radius 1 is 0.913 bits per heavy atom. The van der Waals surface area contributed by atoms with Crippen molar-refractivity contribution in [1.29, 1.82) is 0 Å². The van der Waals surface area contributed by atoms with Gasteiger partial charge in [0.1, 0.15) is 22.0 Å². The van der Waals surface area contributed by atoms with Gasteiger partial charge < -0.3 is 9.13 Å². The molecule has 122 valence electrons. The lowest BCUT2D eigenvalue weighted by Crippen LogP contribution is -1.95. The van der Waals surface area contributed by atoms with Crippen LogP contribution in [0.4, 0.5) is 0 Å². The van der Waals surface area contributed by atoms with E-state index >= 15 is 0 Å². The largest absolute Gasteiger partial charge is 0.322 e. The summed E-state index contributed by atoms with van der Waals surface area (Å²) in [4.78, 5) is 8.53. The minimum absolute atomic E-state index is 0.628. The third kappa shape index (κ3) is 4.03. The predicted molar refractivity (Wildman–Crippen MR) is 95.5 cm³/mol. The van der Waals surface area contributed by atoms with Crippen molar-refractivity contribution in [2.45, 2.75) is 20.2 Å². The highest BCUT2D eigenvalue weighted by Crippen LogP contribution is 2.32. The number of hydrogen-bond acceptors (Lipinski definition) is 7. The van der Waals surface area contributed by atoms with Gasteiger partial charge in [-0.2, -0.15) is 0 Å². The summed E-state index contributed by atoms with van der Waals surface area (Å²) < 4.78 is 5.53. The Morgan fingerprint density at radius 3 is 1.70 bits per heavy atom. The van der Waals surface area contributed by atoms with Crippen molar-refractivity contribution in [3.63, 3.8) is 0 Å². The average Bonchev–Trinajstić information content (AvgIpc) is 3.20. The van der Waals surface area contributed by atoms with Gasteiger partial charge in [0, 0.05) is 14.1 Å².